The van der Waals surface area contributed by atoms with Crippen LogP contribution in [0.4, 0.5) is 0 Å². The summed E-state index contributed by atoms with van der Waals surface area (Å²) >= 11 is 0. The number of hydrogen-bond acceptors (Lipinski definition) is 4. The average molecular weight is 431 g/mol. The Bertz CT molecular complexity index is 867. The van der Waals surface area contributed by atoms with Gasteiger partial charge in [0.15, 0.2) is 8.32 Å². The van der Waals surface area contributed by atoms with Crippen LogP contribution in [0.5, 0.6) is 0 Å². The van der Waals surface area contributed by atoms with Crippen LogP contribution in [-0.4, -0.2) is 35.1 Å². The van der Waals surface area contributed by atoms with E-state index in [0.717, 1.165) is 23.5 Å². The van der Waals surface area contributed by atoms with Crippen molar-refractivity contribution in [1.82, 2.24) is 9.55 Å². The van der Waals surface area contributed by atoms with Crippen molar-refractivity contribution in [3.05, 3.63) is 41.9 Å². The summed E-state index contributed by atoms with van der Waals surface area (Å²) in [7, 11) is -2.34. The zero-order valence-electron chi connectivity index (χ0n) is 19.5. The topological polar surface area (TPSA) is 97.1 Å². The number of nitrogens with one attached hydrogen (secondary N) is 1. The van der Waals surface area contributed by atoms with E-state index in [1.807, 2.05) is 50.3 Å². The second-order valence-electron chi connectivity index (χ2n) is 10.0. The number of rotatable bonds is 10. The lowest BCUT2D eigenvalue weighted by Crippen LogP contribution is -2.42. The molecular formula is C23H38N4O2Si. The fraction of sp³-hybridized carbons (Fsp3) is 0.565. The number of imidazole rings is 1. The van der Waals surface area contributed by atoms with Gasteiger partial charge in [0.05, 0.1) is 5.69 Å². The van der Waals surface area contributed by atoms with Gasteiger partial charge in [-0.2, -0.15) is 0 Å². The van der Waals surface area contributed by atoms with Crippen molar-refractivity contribution in [1.29, 1.82) is 5.41 Å². The predicted octanol–water partition coefficient (Wildman–Crippen LogP) is 4.76. The van der Waals surface area contributed by atoms with E-state index >= 15 is 0 Å². The molecular weight excluding hydrogens is 392 g/mol. The quantitative estimate of drug-likeness (QED) is 0.287. The van der Waals surface area contributed by atoms with Gasteiger partial charge in [-0.3, -0.25) is 5.41 Å². The molecule has 4 N–H and O–H groups in total. The molecule has 0 amide bonds. The highest BCUT2D eigenvalue weighted by atomic mass is 28.4. The standard InChI is InChI=1S/C23H38N4O2Si/c1-8-29-14-18-26-19(21(24)25)20(17-12-10-9-11-13-17)27(18)16-22(2,3)15-23(4,5)30(6,7)28/h9-13,28H,8,14-16H2,1-7H3,(H3,24,25). The maximum absolute atomic E-state index is 10.8. The summed E-state index contributed by atoms with van der Waals surface area (Å²) < 4.78 is 7.84. The third-order valence-corrected chi connectivity index (χ3v) is 9.44. The number of nitrogens with two attached hydrogens (primary N) is 1. The Kier molecular flexibility index (Phi) is 7.32. The van der Waals surface area contributed by atoms with Crippen molar-refractivity contribution >= 4 is 14.2 Å². The number of hydrogen-bond donors (Lipinski definition) is 3. The van der Waals surface area contributed by atoms with E-state index in [2.05, 4.69) is 32.3 Å². The van der Waals surface area contributed by atoms with Gasteiger partial charge in [0.2, 0.25) is 0 Å². The first-order chi connectivity index (χ1) is 13.8. The lowest BCUT2D eigenvalue weighted by Gasteiger charge is -2.41. The number of aromatic nitrogens is 2. The molecule has 0 unspecified atom stereocenters. The van der Waals surface area contributed by atoms with Crippen molar-refractivity contribution in [3.63, 3.8) is 0 Å². The molecule has 2 rings (SSSR count). The Hall–Kier alpha value is -1.96. The molecule has 0 fully saturated rings. The van der Waals surface area contributed by atoms with Gasteiger partial charge in [-0.1, -0.05) is 58.0 Å². The summed E-state index contributed by atoms with van der Waals surface area (Å²) in [4.78, 5) is 15.5. The van der Waals surface area contributed by atoms with E-state index in [1.165, 1.54) is 0 Å². The van der Waals surface area contributed by atoms with Gasteiger partial charge < -0.3 is 19.8 Å². The molecule has 0 atom stereocenters. The van der Waals surface area contributed by atoms with Crippen LogP contribution in [0.2, 0.25) is 18.1 Å². The number of nitrogen functional groups attached to an aromatic ring is 1. The number of benzene rings is 1. The monoisotopic (exact) mass is 430 g/mol. The minimum atomic E-state index is -2.34. The predicted molar refractivity (Wildman–Crippen MR) is 126 cm³/mol. The molecule has 0 bridgehead atoms. The molecule has 0 saturated heterocycles. The van der Waals surface area contributed by atoms with Crippen molar-refractivity contribution in [2.45, 2.75) is 72.3 Å². The molecule has 0 radical (unpaired) electrons. The van der Waals surface area contributed by atoms with E-state index in [-0.39, 0.29) is 16.3 Å². The molecule has 0 spiro atoms. The zero-order valence-corrected chi connectivity index (χ0v) is 20.5. The van der Waals surface area contributed by atoms with Gasteiger partial charge in [0.25, 0.3) is 0 Å². The lowest BCUT2D eigenvalue weighted by atomic mass is 9.83. The highest BCUT2D eigenvalue weighted by Crippen LogP contribution is 2.46. The lowest BCUT2D eigenvalue weighted by molar-refractivity contribution is 0.122. The van der Waals surface area contributed by atoms with E-state index in [0.29, 0.717) is 25.5 Å². The minimum absolute atomic E-state index is 0.0487. The Morgan fingerprint density at radius 2 is 1.80 bits per heavy atom. The summed E-state index contributed by atoms with van der Waals surface area (Å²) in [5.74, 6) is 0.722. The largest absolute Gasteiger partial charge is 0.432 e. The molecule has 2 aromatic rings. The van der Waals surface area contributed by atoms with Gasteiger partial charge in [0, 0.05) is 18.7 Å². The third-order valence-electron chi connectivity index (χ3n) is 5.95. The van der Waals surface area contributed by atoms with Crippen LogP contribution < -0.4 is 5.73 Å². The second-order valence-corrected chi connectivity index (χ2v) is 14.5. The van der Waals surface area contributed by atoms with E-state index in [4.69, 9.17) is 20.9 Å². The SMILES string of the molecule is CCOCc1nc(C(=N)N)c(-c2ccccc2)n1CC(C)(C)CC(C)(C)[Si](C)(C)O. The number of ether oxygens (including phenoxy) is 1. The first-order valence-electron chi connectivity index (χ1n) is 10.6. The minimum Gasteiger partial charge on any atom is -0.432 e. The van der Waals surface area contributed by atoms with E-state index in [1.54, 1.807) is 0 Å². The average Bonchev–Trinajstić information content (AvgIpc) is 2.96. The molecule has 1 heterocycles. The molecule has 1 aromatic carbocycles. The summed E-state index contributed by atoms with van der Waals surface area (Å²) in [6.07, 6.45) is 0.867. The zero-order chi connectivity index (χ0) is 22.7. The van der Waals surface area contributed by atoms with Crippen molar-refractivity contribution in [2.75, 3.05) is 6.61 Å². The Morgan fingerprint density at radius 3 is 2.30 bits per heavy atom. The summed E-state index contributed by atoms with van der Waals surface area (Å²) in [6, 6.07) is 9.97. The van der Waals surface area contributed by atoms with Gasteiger partial charge in [0.1, 0.15) is 24.0 Å². The van der Waals surface area contributed by atoms with Crippen LogP contribution in [0, 0.1) is 10.8 Å². The maximum Gasteiger partial charge on any atom is 0.188 e. The van der Waals surface area contributed by atoms with Crippen LogP contribution in [-0.2, 0) is 17.9 Å². The first-order valence-corrected chi connectivity index (χ1v) is 13.5. The molecule has 0 aliphatic heterocycles. The first kappa shape index (κ1) is 24.3. The van der Waals surface area contributed by atoms with Gasteiger partial charge in [-0.15, -0.1) is 0 Å². The van der Waals surface area contributed by atoms with E-state index < -0.39 is 8.32 Å². The highest BCUT2D eigenvalue weighted by Gasteiger charge is 2.42. The molecule has 0 saturated carbocycles. The van der Waals surface area contributed by atoms with Crippen molar-refractivity contribution in [3.8, 4) is 11.3 Å². The Balaban J connectivity index is 2.57. The van der Waals surface area contributed by atoms with Gasteiger partial charge in [-0.25, -0.2) is 4.98 Å². The van der Waals surface area contributed by atoms with Crippen molar-refractivity contribution < 1.29 is 9.53 Å². The Labute approximate surface area is 182 Å². The molecule has 30 heavy (non-hydrogen) atoms. The summed E-state index contributed by atoms with van der Waals surface area (Å²) in [5.41, 5.74) is 8.13. The van der Waals surface area contributed by atoms with E-state index in [9.17, 15) is 4.80 Å². The third kappa shape index (κ3) is 5.59. The van der Waals surface area contributed by atoms with Crippen LogP contribution in [0.25, 0.3) is 11.3 Å². The summed E-state index contributed by atoms with van der Waals surface area (Å²) in [6.45, 7) is 16.4. The van der Waals surface area contributed by atoms with Crippen LogP contribution in [0.15, 0.2) is 30.3 Å². The molecule has 166 valence electrons. The normalized spacial score (nSPS) is 12.9. The smallest absolute Gasteiger partial charge is 0.188 e. The highest BCUT2D eigenvalue weighted by molar-refractivity contribution is 6.72. The maximum atomic E-state index is 10.8. The van der Waals surface area contributed by atoms with Gasteiger partial charge in [-0.05, 0) is 36.9 Å². The Morgan fingerprint density at radius 1 is 1.20 bits per heavy atom. The number of nitrogens with zero attached hydrogens (tertiary/aromatic N) is 2. The number of amidine groups is 1. The van der Waals surface area contributed by atoms with Gasteiger partial charge >= 0.3 is 0 Å². The second kappa shape index (κ2) is 9.04. The fourth-order valence-electron chi connectivity index (χ4n) is 3.95. The van der Waals surface area contributed by atoms with Crippen LogP contribution in [0.1, 0.15) is 52.6 Å². The molecule has 0 aliphatic rings. The molecule has 6 nitrogen and oxygen atoms in total. The molecule has 7 heteroatoms. The molecule has 0 aliphatic carbocycles. The fourth-order valence-corrected chi connectivity index (χ4v) is 4.86. The van der Waals surface area contributed by atoms with Crippen LogP contribution in [0.3, 0.4) is 0 Å². The van der Waals surface area contributed by atoms with Crippen LogP contribution >= 0.6 is 0 Å². The molecule has 1 aromatic heterocycles. The van der Waals surface area contributed by atoms with Crippen molar-refractivity contribution in [2.24, 2.45) is 11.1 Å². The summed E-state index contributed by atoms with van der Waals surface area (Å²) in [5, 5.41) is 7.96.